The molecule has 0 amide bonds. The van der Waals surface area contributed by atoms with Gasteiger partial charge in [0.25, 0.3) is 0 Å². The molecule has 0 atom stereocenters. The summed E-state index contributed by atoms with van der Waals surface area (Å²) in [4.78, 5) is 0. The van der Waals surface area contributed by atoms with Crippen LogP contribution in [0, 0.1) is 0 Å². The Hall–Kier alpha value is 0.370. The molecule has 5 heteroatoms. The summed E-state index contributed by atoms with van der Waals surface area (Å²) >= 11 is 17.6. The van der Waals surface area contributed by atoms with E-state index in [0.717, 1.165) is 4.47 Å². The van der Waals surface area contributed by atoms with Crippen LogP contribution in [0.2, 0.25) is 0 Å². The lowest BCUT2D eigenvalue weighted by molar-refractivity contribution is 0.472. The van der Waals surface area contributed by atoms with Gasteiger partial charge in [-0.1, -0.05) is 46.9 Å². The summed E-state index contributed by atoms with van der Waals surface area (Å²) in [6, 6.07) is 7.04. The van der Waals surface area contributed by atoms with Gasteiger partial charge in [-0.25, -0.2) is 0 Å². The van der Waals surface area contributed by atoms with Gasteiger partial charge in [0.15, 0.2) is 4.30 Å². The van der Waals surface area contributed by atoms with Crippen LogP contribution in [-0.2, 0) is 0 Å². The van der Waals surface area contributed by atoms with Gasteiger partial charge in [-0.3, -0.25) is 0 Å². The Labute approximate surface area is 94.4 Å². The Kier molecular flexibility index (Phi) is 7.05. The molecule has 0 radical (unpaired) electrons. The molecule has 1 rings (SSSR count). The second-order valence-corrected chi connectivity index (χ2v) is 4.53. The van der Waals surface area contributed by atoms with E-state index in [-0.39, 0.29) is 5.75 Å². The van der Waals surface area contributed by atoms with Crippen LogP contribution in [0.15, 0.2) is 28.7 Å². The number of alkyl halides is 3. The maximum absolute atomic E-state index is 8.87. The van der Waals surface area contributed by atoms with E-state index in [9.17, 15) is 0 Å². The summed E-state index contributed by atoms with van der Waals surface area (Å²) < 4.78 is -0.0139. The third kappa shape index (κ3) is 7.04. The van der Waals surface area contributed by atoms with E-state index in [1.54, 1.807) is 18.2 Å². The average molecular weight is 292 g/mol. The fraction of sp³-hybridized carbons (Fsp3) is 0.143. The molecule has 0 aliphatic rings. The highest BCUT2D eigenvalue weighted by molar-refractivity contribution is 9.10. The first-order valence-electron chi connectivity index (χ1n) is 2.89. The molecule has 0 heterocycles. The van der Waals surface area contributed by atoms with Crippen LogP contribution in [0.25, 0.3) is 0 Å². The largest absolute Gasteiger partial charge is 0.507 e. The summed E-state index contributed by atoms with van der Waals surface area (Å²) in [7, 11) is 0. The van der Waals surface area contributed by atoms with Crippen molar-refractivity contribution in [3.63, 3.8) is 0 Å². The number of aromatic hydroxyl groups is 1. The molecule has 68 valence electrons. The summed E-state index contributed by atoms with van der Waals surface area (Å²) in [5.74, 6) is 0.285. The minimum Gasteiger partial charge on any atom is -0.507 e. The number of phenolic OH excluding ortho intramolecular Hbond substituents is 1. The first-order valence-corrected chi connectivity index (χ1v) is 5.00. The van der Waals surface area contributed by atoms with Crippen molar-refractivity contribution in [3.05, 3.63) is 28.7 Å². The van der Waals surface area contributed by atoms with E-state index in [4.69, 9.17) is 39.9 Å². The van der Waals surface area contributed by atoms with Crippen LogP contribution in [0.4, 0.5) is 0 Å². The Morgan fingerprint density at radius 3 is 1.83 bits per heavy atom. The van der Waals surface area contributed by atoms with E-state index in [1.807, 2.05) is 6.07 Å². The molecule has 0 fully saturated rings. The molecule has 0 aliphatic heterocycles. The molecule has 1 aromatic rings. The Morgan fingerprint density at radius 1 is 1.17 bits per heavy atom. The van der Waals surface area contributed by atoms with Crippen LogP contribution < -0.4 is 0 Å². The van der Waals surface area contributed by atoms with Crippen LogP contribution in [0.1, 0.15) is 0 Å². The van der Waals surface area contributed by atoms with Crippen LogP contribution >= 0.6 is 50.7 Å². The molecule has 0 unspecified atom stereocenters. The molecule has 1 nitrogen and oxygen atoms in total. The Bertz CT molecular complexity index is 206. The minimum atomic E-state index is -0.750. The summed E-state index contributed by atoms with van der Waals surface area (Å²) in [6.07, 6.45) is 0. The van der Waals surface area contributed by atoms with Gasteiger partial charge < -0.3 is 5.11 Å². The molecule has 12 heavy (non-hydrogen) atoms. The van der Waals surface area contributed by atoms with Gasteiger partial charge in [0.2, 0.25) is 0 Å². The van der Waals surface area contributed by atoms with Gasteiger partial charge in [0.1, 0.15) is 5.75 Å². The minimum absolute atomic E-state index is 0.285. The van der Waals surface area contributed by atoms with E-state index in [2.05, 4.69) is 15.9 Å². The summed E-state index contributed by atoms with van der Waals surface area (Å²) in [5.41, 5.74) is 0. The van der Waals surface area contributed by atoms with Gasteiger partial charge in [-0.05, 0) is 28.1 Å². The van der Waals surface area contributed by atoms with Crippen molar-refractivity contribution in [2.45, 2.75) is 4.30 Å². The molecule has 0 aromatic heterocycles. The van der Waals surface area contributed by atoms with Crippen molar-refractivity contribution >= 4 is 50.7 Å². The second kappa shape index (κ2) is 6.84. The summed E-state index contributed by atoms with van der Waals surface area (Å²) in [5, 5.41) is 8.87. The third-order valence-electron chi connectivity index (χ3n) is 0.852. The molecular weight excluding hydrogens is 286 g/mol. The maximum atomic E-state index is 8.87. The molecule has 1 N–H and O–H groups in total. The smallest absolute Gasteiger partial charge is 0.180 e. The highest BCUT2D eigenvalue weighted by Crippen LogP contribution is 2.21. The lowest BCUT2D eigenvalue weighted by atomic mass is 10.3. The monoisotopic (exact) mass is 290 g/mol. The fourth-order valence-electron chi connectivity index (χ4n) is 0.452. The highest BCUT2D eigenvalue weighted by atomic mass is 79.9. The number of rotatable bonds is 0. The molecule has 0 saturated heterocycles. The van der Waals surface area contributed by atoms with Crippen LogP contribution in [0.5, 0.6) is 5.75 Å². The Balaban J connectivity index is 0.000000261. The van der Waals surface area contributed by atoms with E-state index < -0.39 is 4.30 Å². The number of phenols is 1. The van der Waals surface area contributed by atoms with Crippen molar-refractivity contribution in [2.24, 2.45) is 0 Å². The lowest BCUT2D eigenvalue weighted by Crippen LogP contribution is -1.63. The molecule has 0 spiro atoms. The number of hydrogen-bond acceptors (Lipinski definition) is 1. The number of hydrogen-bond donors (Lipinski definition) is 1. The quantitative estimate of drug-likeness (QED) is 0.713. The number of halogens is 4. The van der Waals surface area contributed by atoms with Crippen molar-refractivity contribution < 1.29 is 5.11 Å². The highest BCUT2D eigenvalue weighted by Gasteiger charge is 1.89. The van der Waals surface area contributed by atoms with E-state index in [1.165, 1.54) is 0 Å². The van der Waals surface area contributed by atoms with Crippen LogP contribution in [-0.4, -0.2) is 9.40 Å². The SMILES string of the molecule is ClC(Cl)Cl.Oc1ccccc1Br. The van der Waals surface area contributed by atoms with Crippen molar-refractivity contribution in [3.8, 4) is 5.75 Å². The molecule has 0 saturated carbocycles. The normalized spacial score (nSPS) is 9.08. The zero-order valence-electron chi connectivity index (χ0n) is 5.85. The van der Waals surface area contributed by atoms with E-state index in [0.29, 0.717) is 0 Å². The third-order valence-corrected chi connectivity index (χ3v) is 1.52. The predicted molar refractivity (Wildman–Crippen MR) is 57.2 cm³/mol. The zero-order chi connectivity index (χ0) is 9.56. The molecule has 1 aromatic carbocycles. The Morgan fingerprint density at radius 2 is 1.58 bits per heavy atom. The first kappa shape index (κ1) is 12.4. The fourth-order valence-corrected chi connectivity index (χ4v) is 0.737. The second-order valence-electron chi connectivity index (χ2n) is 1.70. The topological polar surface area (TPSA) is 20.2 Å². The predicted octanol–water partition coefficient (Wildman–Crippen LogP) is 4.14. The van der Waals surface area contributed by atoms with Gasteiger partial charge >= 0.3 is 0 Å². The molecular formula is C7H6BrCl3O. The van der Waals surface area contributed by atoms with E-state index >= 15 is 0 Å². The number of para-hydroxylation sites is 1. The van der Waals surface area contributed by atoms with Crippen LogP contribution in [0.3, 0.4) is 0 Å². The van der Waals surface area contributed by atoms with Gasteiger partial charge in [0.05, 0.1) is 4.47 Å². The summed E-state index contributed by atoms with van der Waals surface area (Å²) in [6.45, 7) is 0. The van der Waals surface area contributed by atoms with Gasteiger partial charge in [-0.2, -0.15) is 0 Å². The van der Waals surface area contributed by atoms with Gasteiger partial charge in [-0.15, -0.1) is 0 Å². The van der Waals surface area contributed by atoms with Crippen molar-refractivity contribution in [2.75, 3.05) is 0 Å². The number of benzene rings is 1. The van der Waals surface area contributed by atoms with Gasteiger partial charge in [0, 0.05) is 0 Å². The average Bonchev–Trinajstić information content (AvgIpc) is 1.94. The van der Waals surface area contributed by atoms with Crippen molar-refractivity contribution in [1.82, 2.24) is 0 Å². The first-order chi connectivity index (χ1) is 5.54. The maximum Gasteiger partial charge on any atom is 0.180 e. The molecule has 0 bridgehead atoms. The zero-order valence-corrected chi connectivity index (χ0v) is 9.70. The van der Waals surface area contributed by atoms with Crippen molar-refractivity contribution in [1.29, 1.82) is 0 Å². The molecule has 0 aliphatic carbocycles. The lowest BCUT2D eigenvalue weighted by Gasteiger charge is -1.90. The standard InChI is InChI=1S/C6H5BrO.CHCl3/c7-5-3-1-2-4-6(5)8;2-1(3)4/h1-4,8H;1H.